The smallest absolute Gasteiger partial charge is 0.252 e. The first-order valence-corrected chi connectivity index (χ1v) is 7.97. The second-order valence-corrected chi connectivity index (χ2v) is 6.16. The lowest BCUT2D eigenvalue weighted by molar-refractivity contribution is 0.0916. The van der Waals surface area contributed by atoms with Crippen LogP contribution >= 0.6 is 23.2 Å². The Balaban J connectivity index is 1.65. The van der Waals surface area contributed by atoms with Gasteiger partial charge in [-0.2, -0.15) is 0 Å². The molecule has 0 bridgehead atoms. The second-order valence-electron chi connectivity index (χ2n) is 5.32. The number of benzene rings is 2. The minimum absolute atomic E-state index is 0.0846. The number of rotatable bonds is 4. The van der Waals surface area contributed by atoms with Gasteiger partial charge in [0.1, 0.15) is 5.75 Å². The molecule has 120 valence electrons. The molecule has 0 spiro atoms. The molecule has 0 saturated carbocycles. The molecule has 0 radical (unpaired) electrons. The Labute approximate surface area is 144 Å². The number of hydrogen-bond acceptors (Lipinski definition) is 3. The second kappa shape index (κ2) is 6.79. The first-order chi connectivity index (χ1) is 11.0. The quantitative estimate of drug-likeness (QED) is 0.887. The molecule has 6 heteroatoms. The van der Waals surface area contributed by atoms with Crippen LogP contribution in [0.2, 0.25) is 10.0 Å². The Bertz CT molecular complexity index is 749. The van der Waals surface area contributed by atoms with E-state index in [1.165, 1.54) is 6.07 Å². The molecule has 0 fully saturated rings. The number of halogens is 2. The normalized spacial score (nSPS) is 14.0. The van der Waals surface area contributed by atoms with Gasteiger partial charge in [-0.05, 0) is 41.5 Å². The largest absolute Gasteiger partial charge is 0.493 e. The van der Waals surface area contributed by atoms with Crippen molar-refractivity contribution in [3.63, 3.8) is 0 Å². The van der Waals surface area contributed by atoms with Crippen LogP contribution < -0.4 is 10.1 Å². The molecular formula is C17H15Cl2NO3. The molecule has 3 rings (SSSR count). The van der Waals surface area contributed by atoms with Crippen LogP contribution in [-0.4, -0.2) is 24.2 Å². The van der Waals surface area contributed by atoms with Gasteiger partial charge in [-0.25, -0.2) is 0 Å². The molecule has 1 amide bonds. The Morgan fingerprint density at radius 1 is 1.26 bits per heavy atom. The highest BCUT2D eigenvalue weighted by Gasteiger charge is 2.17. The monoisotopic (exact) mass is 351 g/mol. The highest BCUT2D eigenvalue weighted by molar-refractivity contribution is 6.35. The topological polar surface area (TPSA) is 58.6 Å². The van der Waals surface area contributed by atoms with Crippen LogP contribution in [0.15, 0.2) is 36.4 Å². The van der Waals surface area contributed by atoms with Crippen LogP contribution in [0.3, 0.4) is 0 Å². The number of carbonyl (C=O) groups excluding carboxylic acids is 1. The summed E-state index contributed by atoms with van der Waals surface area (Å²) >= 11 is 11.9. The molecular weight excluding hydrogens is 337 g/mol. The first kappa shape index (κ1) is 16.1. The minimum Gasteiger partial charge on any atom is -0.493 e. The molecule has 1 atom stereocenters. The summed E-state index contributed by atoms with van der Waals surface area (Å²) in [6, 6.07) is 10.2. The predicted molar refractivity (Wildman–Crippen MR) is 89.4 cm³/mol. The van der Waals surface area contributed by atoms with Crippen molar-refractivity contribution in [2.75, 3.05) is 13.2 Å². The summed E-state index contributed by atoms with van der Waals surface area (Å²) in [5.41, 5.74) is 2.10. The fourth-order valence-electron chi connectivity index (χ4n) is 2.49. The van der Waals surface area contributed by atoms with Gasteiger partial charge in [-0.3, -0.25) is 4.79 Å². The van der Waals surface area contributed by atoms with Crippen molar-refractivity contribution in [3.8, 4) is 5.75 Å². The molecule has 1 aliphatic rings. The molecule has 4 nitrogen and oxygen atoms in total. The molecule has 0 saturated heterocycles. The van der Waals surface area contributed by atoms with Crippen LogP contribution in [0.1, 0.15) is 27.6 Å². The fraction of sp³-hybridized carbons (Fsp3) is 0.235. The minimum atomic E-state index is -0.803. The predicted octanol–water partition coefficient (Wildman–Crippen LogP) is 3.39. The summed E-state index contributed by atoms with van der Waals surface area (Å²) in [7, 11) is 0. The number of carbonyl (C=O) groups is 1. The van der Waals surface area contributed by atoms with E-state index in [0.717, 1.165) is 23.3 Å². The summed E-state index contributed by atoms with van der Waals surface area (Å²) in [6.07, 6.45) is 0.0308. The Morgan fingerprint density at radius 2 is 2.09 bits per heavy atom. The van der Waals surface area contributed by atoms with E-state index in [1.807, 2.05) is 12.1 Å². The van der Waals surface area contributed by atoms with E-state index in [1.54, 1.807) is 18.2 Å². The zero-order valence-electron chi connectivity index (χ0n) is 12.2. The lowest BCUT2D eigenvalue weighted by atomic mass is 10.0. The lowest BCUT2D eigenvalue weighted by Gasteiger charge is -2.14. The first-order valence-electron chi connectivity index (χ1n) is 7.21. The molecule has 1 unspecified atom stereocenters. The summed E-state index contributed by atoms with van der Waals surface area (Å²) in [5.74, 6) is 0.483. The van der Waals surface area contributed by atoms with Gasteiger partial charge >= 0.3 is 0 Å². The zero-order valence-corrected chi connectivity index (χ0v) is 13.7. The molecule has 1 heterocycles. The number of amides is 1. The maximum absolute atomic E-state index is 12.2. The van der Waals surface area contributed by atoms with E-state index < -0.39 is 6.10 Å². The van der Waals surface area contributed by atoms with Gasteiger partial charge in [0.15, 0.2) is 0 Å². The number of hydrogen-bond donors (Lipinski definition) is 2. The van der Waals surface area contributed by atoms with Crippen LogP contribution in [0.25, 0.3) is 0 Å². The third-order valence-electron chi connectivity index (χ3n) is 3.73. The van der Waals surface area contributed by atoms with Crippen LogP contribution in [0, 0.1) is 0 Å². The van der Waals surface area contributed by atoms with Crippen molar-refractivity contribution in [1.82, 2.24) is 5.32 Å². The van der Waals surface area contributed by atoms with Crippen LogP contribution in [0.5, 0.6) is 5.75 Å². The molecule has 23 heavy (non-hydrogen) atoms. The number of aliphatic hydroxyl groups excluding tert-OH is 1. The van der Waals surface area contributed by atoms with Gasteiger partial charge < -0.3 is 15.2 Å². The van der Waals surface area contributed by atoms with Crippen molar-refractivity contribution in [3.05, 3.63) is 63.1 Å². The Morgan fingerprint density at radius 3 is 2.91 bits per heavy atom. The summed E-state index contributed by atoms with van der Waals surface area (Å²) in [4.78, 5) is 12.2. The number of ether oxygens (including phenoxy) is 1. The van der Waals surface area contributed by atoms with Crippen molar-refractivity contribution in [1.29, 1.82) is 0 Å². The molecule has 0 aliphatic carbocycles. The fourth-order valence-corrected chi connectivity index (χ4v) is 2.86. The molecule has 0 aromatic heterocycles. The van der Waals surface area contributed by atoms with E-state index in [-0.39, 0.29) is 18.0 Å². The lowest BCUT2D eigenvalue weighted by Crippen LogP contribution is -2.28. The van der Waals surface area contributed by atoms with E-state index in [0.29, 0.717) is 16.7 Å². The highest BCUT2D eigenvalue weighted by Crippen LogP contribution is 2.28. The summed E-state index contributed by atoms with van der Waals surface area (Å²) in [5, 5.41) is 13.7. The maximum atomic E-state index is 12.2. The third kappa shape index (κ3) is 3.61. The Hall–Kier alpha value is -1.75. The van der Waals surface area contributed by atoms with Crippen LogP contribution in [0.4, 0.5) is 0 Å². The average Bonchev–Trinajstić information content (AvgIpc) is 3.02. The van der Waals surface area contributed by atoms with E-state index in [2.05, 4.69) is 5.32 Å². The van der Waals surface area contributed by atoms with Crippen LogP contribution in [-0.2, 0) is 6.42 Å². The zero-order chi connectivity index (χ0) is 16.4. The molecule has 2 N–H and O–H groups in total. The number of nitrogens with one attached hydrogen (secondary N) is 1. The van der Waals surface area contributed by atoms with E-state index >= 15 is 0 Å². The van der Waals surface area contributed by atoms with Gasteiger partial charge in [0.25, 0.3) is 5.91 Å². The Kier molecular flexibility index (Phi) is 4.76. The maximum Gasteiger partial charge on any atom is 0.252 e. The van der Waals surface area contributed by atoms with Crippen molar-refractivity contribution in [2.45, 2.75) is 12.5 Å². The standard InChI is InChI=1S/C17H15Cl2NO3/c18-12-2-3-14(19)13(8-12)17(22)20-9-15(21)10-1-4-16-11(7-10)5-6-23-16/h1-4,7-8,15,21H,5-6,9H2,(H,20,22). The highest BCUT2D eigenvalue weighted by atomic mass is 35.5. The molecule has 1 aliphatic heterocycles. The molecule has 2 aromatic carbocycles. The van der Waals surface area contributed by atoms with Gasteiger partial charge in [0.2, 0.25) is 0 Å². The summed E-state index contributed by atoms with van der Waals surface area (Å²) < 4.78 is 5.44. The van der Waals surface area contributed by atoms with E-state index in [9.17, 15) is 9.90 Å². The van der Waals surface area contributed by atoms with Crippen molar-refractivity contribution < 1.29 is 14.6 Å². The SMILES string of the molecule is O=C(NCC(O)c1ccc2c(c1)CCO2)c1cc(Cl)ccc1Cl. The van der Waals surface area contributed by atoms with E-state index in [4.69, 9.17) is 27.9 Å². The van der Waals surface area contributed by atoms with Gasteiger partial charge in [0, 0.05) is 18.0 Å². The third-order valence-corrected chi connectivity index (χ3v) is 4.29. The van der Waals surface area contributed by atoms with Gasteiger partial charge in [-0.15, -0.1) is 0 Å². The van der Waals surface area contributed by atoms with Crippen molar-refractivity contribution in [2.24, 2.45) is 0 Å². The summed E-state index contributed by atoms with van der Waals surface area (Å²) in [6.45, 7) is 0.750. The van der Waals surface area contributed by atoms with Gasteiger partial charge in [-0.1, -0.05) is 29.3 Å². The van der Waals surface area contributed by atoms with Gasteiger partial charge in [0.05, 0.1) is 23.3 Å². The van der Waals surface area contributed by atoms with Crippen molar-refractivity contribution >= 4 is 29.1 Å². The average molecular weight is 352 g/mol. The number of fused-ring (bicyclic) bond motifs is 1. The molecule has 2 aromatic rings. The number of aliphatic hydroxyl groups is 1.